The Morgan fingerprint density at radius 3 is 2.29 bits per heavy atom. The fraction of sp³-hybridized carbons (Fsp3) is 0.240. The Labute approximate surface area is 167 Å². The van der Waals surface area contributed by atoms with Crippen LogP contribution in [-0.4, -0.2) is 11.9 Å². The molecule has 1 amide bonds. The number of amides is 1. The van der Waals surface area contributed by atoms with Gasteiger partial charge in [-0.15, -0.1) is 0 Å². The van der Waals surface area contributed by atoms with Crippen molar-refractivity contribution in [1.29, 1.82) is 0 Å². The summed E-state index contributed by atoms with van der Waals surface area (Å²) >= 11 is 0. The lowest BCUT2D eigenvalue weighted by atomic mass is 9.81. The number of fused-ring (bicyclic) bond motifs is 1. The van der Waals surface area contributed by atoms with Crippen LogP contribution in [0, 0.1) is 0 Å². The Hall–Kier alpha value is -3.07. The second-order valence-electron chi connectivity index (χ2n) is 8.06. The summed E-state index contributed by atoms with van der Waals surface area (Å²) in [6, 6.07) is 26.5. The van der Waals surface area contributed by atoms with E-state index in [0.29, 0.717) is 11.6 Å². The topological polar surface area (TPSA) is 32.3 Å². The molecular formula is C25H26N2O. The van der Waals surface area contributed by atoms with Crippen LogP contribution in [0.3, 0.4) is 0 Å². The highest BCUT2D eigenvalue weighted by atomic mass is 16.1. The number of anilines is 2. The molecule has 3 aromatic rings. The highest BCUT2D eigenvalue weighted by Crippen LogP contribution is 2.46. The minimum absolute atomic E-state index is 0.0477. The fourth-order valence-corrected chi connectivity index (χ4v) is 4.01. The van der Waals surface area contributed by atoms with Crippen molar-refractivity contribution in [3.8, 4) is 0 Å². The van der Waals surface area contributed by atoms with Gasteiger partial charge in [0.1, 0.15) is 0 Å². The molecule has 3 heteroatoms. The maximum absolute atomic E-state index is 12.6. The highest BCUT2D eigenvalue weighted by Gasteiger charge is 2.41. The van der Waals surface area contributed by atoms with E-state index in [1.165, 1.54) is 16.8 Å². The molecule has 3 nitrogen and oxygen atoms in total. The van der Waals surface area contributed by atoms with Crippen LogP contribution >= 0.6 is 0 Å². The summed E-state index contributed by atoms with van der Waals surface area (Å²) in [5.74, 6) is -0.0829. The van der Waals surface area contributed by atoms with Gasteiger partial charge >= 0.3 is 0 Å². The van der Waals surface area contributed by atoms with Crippen molar-refractivity contribution in [2.75, 3.05) is 10.2 Å². The van der Waals surface area contributed by atoms with Crippen molar-refractivity contribution in [2.24, 2.45) is 0 Å². The van der Waals surface area contributed by atoms with E-state index in [-0.39, 0.29) is 11.3 Å². The van der Waals surface area contributed by atoms with Crippen molar-refractivity contribution in [2.45, 2.75) is 38.8 Å². The molecule has 1 unspecified atom stereocenters. The molecule has 1 aliphatic rings. The number of benzene rings is 3. The van der Waals surface area contributed by atoms with Gasteiger partial charge in [-0.3, -0.25) is 4.79 Å². The van der Waals surface area contributed by atoms with Gasteiger partial charge in [0.15, 0.2) is 0 Å². The van der Waals surface area contributed by atoms with Gasteiger partial charge in [0.05, 0.1) is 0 Å². The molecule has 0 aromatic heterocycles. The molecule has 0 aliphatic carbocycles. The zero-order valence-corrected chi connectivity index (χ0v) is 16.6. The molecule has 0 bridgehead atoms. The third-order valence-corrected chi connectivity index (χ3v) is 6.00. The van der Waals surface area contributed by atoms with Gasteiger partial charge in [-0.25, -0.2) is 0 Å². The number of nitrogens with zero attached hydrogens (tertiary/aromatic N) is 1. The first-order chi connectivity index (χ1) is 13.5. The van der Waals surface area contributed by atoms with E-state index in [4.69, 9.17) is 0 Å². The molecule has 0 spiro atoms. The van der Waals surface area contributed by atoms with Crippen LogP contribution in [0.25, 0.3) is 0 Å². The van der Waals surface area contributed by atoms with Crippen LogP contribution in [0.1, 0.15) is 42.3 Å². The number of carbonyl (C=O) groups excluding carboxylic acids is 1. The largest absolute Gasteiger partial charge is 0.363 e. The highest BCUT2D eigenvalue weighted by molar-refractivity contribution is 6.04. The van der Waals surface area contributed by atoms with Crippen LogP contribution < -0.4 is 10.2 Å². The first-order valence-corrected chi connectivity index (χ1v) is 9.78. The van der Waals surface area contributed by atoms with Crippen LogP contribution in [0.15, 0.2) is 78.9 Å². The molecule has 142 valence electrons. The zero-order chi connectivity index (χ0) is 19.7. The van der Waals surface area contributed by atoms with Gasteiger partial charge in [0, 0.05) is 34.9 Å². The Kier molecular flexibility index (Phi) is 4.68. The molecule has 0 radical (unpaired) electrons. The van der Waals surface area contributed by atoms with Crippen LogP contribution in [0.4, 0.5) is 11.4 Å². The molecule has 28 heavy (non-hydrogen) atoms. The monoisotopic (exact) mass is 370 g/mol. The summed E-state index contributed by atoms with van der Waals surface area (Å²) in [7, 11) is 0. The molecular weight excluding hydrogens is 344 g/mol. The van der Waals surface area contributed by atoms with E-state index >= 15 is 0 Å². The quantitative estimate of drug-likeness (QED) is 0.646. The molecule has 0 saturated heterocycles. The van der Waals surface area contributed by atoms with E-state index in [1.54, 1.807) is 0 Å². The summed E-state index contributed by atoms with van der Waals surface area (Å²) in [6.07, 6.45) is 0. The van der Waals surface area contributed by atoms with E-state index in [0.717, 1.165) is 12.2 Å². The molecule has 0 saturated carbocycles. The van der Waals surface area contributed by atoms with Crippen LogP contribution in [0.2, 0.25) is 0 Å². The zero-order valence-electron chi connectivity index (χ0n) is 16.6. The predicted molar refractivity (Wildman–Crippen MR) is 116 cm³/mol. The Balaban J connectivity index is 1.65. The maximum atomic E-state index is 12.6. The lowest BCUT2D eigenvalue weighted by Gasteiger charge is -2.31. The minimum atomic E-state index is -0.0829. The SMILES string of the molecule is CC1N(Cc2ccccc2)c2cc(NC(=O)c3ccccc3)ccc2C1(C)C. The molecule has 3 aromatic carbocycles. The Morgan fingerprint density at radius 1 is 0.964 bits per heavy atom. The van der Waals surface area contributed by atoms with E-state index in [1.807, 2.05) is 42.5 Å². The van der Waals surface area contributed by atoms with Crippen molar-refractivity contribution in [3.63, 3.8) is 0 Å². The molecule has 4 rings (SSSR count). The summed E-state index contributed by atoms with van der Waals surface area (Å²) in [5.41, 5.74) is 5.36. The Bertz CT molecular complexity index is 980. The van der Waals surface area contributed by atoms with Gasteiger partial charge in [0.2, 0.25) is 0 Å². The summed E-state index contributed by atoms with van der Waals surface area (Å²) in [6.45, 7) is 7.73. The smallest absolute Gasteiger partial charge is 0.255 e. The third kappa shape index (κ3) is 3.29. The lowest BCUT2D eigenvalue weighted by Crippen LogP contribution is -2.38. The van der Waals surface area contributed by atoms with E-state index < -0.39 is 0 Å². The molecule has 1 N–H and O–H groups in total. The number of nitrogens with one attached hydrogen (secondary N) is 1. The summed E-state index contributed by atoms with van der Waals surface area (Å²) in [5, 5.41) is 3.05. The lowest BCUT2D eigenvalue weighted by molar-refractivity contribution is 0.102. The molecule has 1 atom stereocenters. The van der Waals surface area contributed by atoms with Crippen LogP contribution in [-0.2, 0) is 12.0 Å². The van der Waals surface area contributed by atoms with Crippen molar-refractivity contribution in [1.82, 2.24) is 0 Å². The first kappa shape index (κ1) is 18.3. The molecule has 1 aliphatic heterocycles. The van der Waals surface area contributed by atoms with Gasteiger partial charge in [0.25, 0.3) is 5.91 Å². The fourth-order valence-electron chi connectivity index (χ4n) is 4.01. The standard InChI is InChI=1S/C25H26N2O/c1-18-25(2,3)22-15-14-21(26-24(28)20-12-8-5-9-13-20)16-23(22)27(18)17-19-10-6-4-7-11-19/h4-16,18H,17H2,1-3H3,(H,26,28). The van der Waals surface area contributed by atoms with Crippen molar-refractivity contribution in [3.05, 3.63) is 95.6 Å². The number of hydrogen-bond acceptors (Lipinski definition) is 2. The van der Waals surface area contributed by atoms with Crippen molar-refractivity contribution >= 4 is 17.3 Å². The molecule has 0 fully saturated rings. The first-order valence-electron chi connectivity index (χ1n) is 9.78. The van der Waals surface area contributed by atoms with Gasteiger partial charge in [-0.05, 0) is 42.3 Å². The number of hydrogen-bond donors (Lipinski definition) is 1. The maximum Gasteiger partial charge on any atom is 0.255 e. The Morgan fingerprint density at radius 2 is 1.61 bits per heavy atom. The number of carbonyl (C=O) groups is 1. The van der Waals surface area contributed by atoms with Crippen molar-refractivity contribution < 1.29 is 4.79 Å². The predicted octanol–water partition coefficient (Wildman–Crippen LogP) is 5.63. The third-order valence-electron chi connectivity index (χ3n) is 6.00. The average molecular weight is 370 g/mol. The van der Waals surface area contributed by atoms with Crippen LogP contribution in [0.5, 0.6) is 0 Å². The second-order valence-corrected chi connectivity index (χ2v) is 8.06. The average Bonchev–Trinajstić information content (AvgIpc) is 2.90. The number of rotatable bonds is 4. The summed E-state index contributed by atoms with van der Waals surface area (Å²) < 4.78 is 0. The van der Waals surface area contributed by atoms with E-state index in [9.17, 15) is 4.79 Å². The minimum Gasteiger partial charge on any atom is -0.363 e. The normalized spacial score (nSPS) is 17.2. The van der Waals surface area contributed by atoms with Gasteiger partial charge in [-0.1, -0.05) is 68.4 Å². The van der Waals surface area contributed by atoms with Gasteiger partial charge < -0.3 is 10.2 Å². The second kappa shape index (κ2) is 7.16. The van der Waals surface area contributed by atoms with Gasteiger partial charge in [-0.2, -0.15) is 0 Å². The van der Waals surface area contributed by atoms with E-state index in [2.05, 4.69) is 67.4 Å². The summed E-state index contributed by atoms with van der Waals surface area (Å²) in [4.78, 5) is 15.0. The molecule has 1 heterocycles.